The van der Waals surface area contributed by atoms with Gasteiger partial charge in [0.2, 0.25) is 5.95 Å². The van der Waals surface area contributed by atoms with E-state index >= 15 is 0 Å². The fourth-order valence-electron chi connectivity index (χ4n) is 5.52. The van der Waals surface area contributed by atoms with E-state index in [0.717, 1.165) is 17.3 Å². The van der Waals surface area contributed by atoms with Gasteiger partial charge in [-0.2, -0.15) is 20.8 Å². The lowest BCUT2D eigenvalue weighted by Crippen LogP contribution is -2.10. The van der Waals surface area contributed by atoms with Gasteiger partial charge in [0.1, 0.15) is 34.6 Å². The number of nitriles is 3. The number of nitrogen functional groups attached to an aromatic ring is 1. The first-order valence-electron chi connectivity index (χ1n) is 15.8. The number of hydrogen-bond acceptors (Lipinski definition) is 16. The van der Waals surface area contributed by atoms with E-state index in [9.17, 15) is 25.9 Å². The van der Waals surface area contributed by atoms with Crippen molar-refractivity contribution in [3.8, 4) is 51.7 Å². The topological polar surface area (TPSA) is 239 Å². The average Bonchev–Trinajstić information content (AvgIpc) is 3.19. The molecular weight excluding hydrogens is 713 g/mol. The Bertz CT molecular complexity index is 2350. The zero-order chi connectivity index (χ0) is 38.8. The Labute approximate surface area is 314 Å². The summed E-state index contributed by atoms with van der Waals surface area (Å²) >= 11 is 0.494. The van der Waals surface area contributed by atoms with Gasteiger partial charge in [0.25, 0.3) is 0 Å². The van der Waals surface area contributed by atoms with Crippen LogP contribution in [-0.2, 0) is 13.1 Å². The summed E-state index contributed by atoms with van der Waals surface area (Å²) in [6.07, 6.45) is 0.977. The van der Waals surface area contributed by atoms with Gasteiger partial charge in [-0.05, 0) is 48.5 Å². The molecule has 5 N–H and O–H groups in total. The minimum Gasteiger partial charge on any atom is -0.497 e. The Hall–Kier alpha value is -7.42. The van der Waals surface area contributed by atoms with Crippen LogP contribution in [0.4, 0.5) is 34.4 Å². The number of thiocyanates is 1. The number of nitrogens with two attached hydrogens (primary N) is 1. The maximum absolute atomic E-state index is 11.7. The molecule has 0 aliphatic rings. The van der Waals surface area contributed by atoms with E-state index in [1.165, 1.54) is 7.11 Å². The third kappa shape index (κ3) is 8.05. The van der Waals surface area contributed by atoms with Crippen molar-refractivity contribution in [1.82, 2.24) is 9.97 Å². The Morgan fingerprint density at radius 2 is 1.35 bits per heavy atom. The van der Waals surface area contributed by atoms with Crippen molar-refractivity contribution < 1.29 is 23.9 Å². The zero-order valence-corrected chi connectivity index (χ0v) is 30.2. The summed E-state index contributed by atoms with van der Waals surface area (Å²) in [4.78, 5) is 19.4. The van der Waals surface area contributed by atoms with Crippen molar-refractivity contribution in [1.29, 1.82) is 15.8 Å². The molecule has 0 radical (unpaired) electrons. The molecule has 0 atom stereocenters. The first-order valence-corrected chi connectivity index (χ1v) is 16.7. The van der Waals surface area contributed by atoms with Gasteiger partial charge in [-0.25, -0.2) is 4.98 Å². The van der Waals surface area contributed by atoms with Crippen LogP contribution in [0.1, 0.15) is 22.3 Å². The van der Waals surface area contributed by atoms with Gasteiger partial charge in [-0.3, -0.25) is 10.1 Å². The van der Waals surface area contributed by atoms with E-state index in [0.29, 0.717) is 46.1 Å². The standard InChI is InChI=1S/C37H32N10O6S/c1-50-25-9-5-23(30(13-25)52-3)17-42-27-11-7-21(15-38)32(34(27)41)33-22(16-39)8-12-28(43-18-24-6-10-26(51-2)14-31(24)53-4)35(33)45-37-44-19-29(47(48)49)36(46-37)54-20-40/h5-14,19,42-43H,17-18,41H2,1-4H3,(H,44,45,46). The Morgan fingerprint density at radius 3 is 1.87 bits per heavy atom. The molecule has 1 heterocycles. The molecule has 0 fully saturated rings. The van der Waals surface area contributed by atoms with Gasteiger partial charge in [-0.15, -0.1) is 0 Å². The predicted octanol–water partition coefficient (Wildman–Crippen LogP) is 6.95. The van der Waals surface area contributed by atoms with Gasteiger partial charge in [0, 0.05) is 59.2 Å². The number of rotatable bonds is 15. The van der Waals surface area contributed by atoms with Crippen molar-refractivity contribution in [3.63, 3.8) is 0 Å². The summed E-state index contributed by atoms with van der Waals surface area (Å²) in [7, 11) is 6.19. The molecule has 0 bridgehead atoms. The largest absolute Gasteiger partial charge is 0.497 e. The van der Waals surface area contributed by atoms with Crippen LogP contribution in [0.5, 0.6) is 23.0 Å². The minimum atomic E-state index is -0.694. The number of anilines is 5. The first kappa shape index (κ1) is 37.8. The molecule has 0 aliphatic heterocycles. The van der Waals surface area contributed by atoms with Crippen molar-refractivity contribution in [2.45, 2.75) is 18.1 Å². The third-order valence-corrected chi connectivity index (χ3v) is 8.77. The second kappa shape index (κ2) is 17.2. The highest BCUT2D eigenvalue weighted by Crippen LogP contribution is 2.45. The van der Waals surface area contributed by atoms with Crippen molar-refractivity contribution in [2.75, 3.05) is 50.1 Å². The fraction of sp³-hybridized carbons (Fsp3) is 0.162. The number of nitro groups is 1. The lowest BCUT2D eigenvalue weighted by molar-refractivity contribution is -0.388. The highest BCUT2D eigenvalue weighted by molar-refractivity contribution is 8.03. The summed E-state index contributed by atoms with van der Waals surface area (Å²) in [5.41, 5.74) is 9.93. The normalized spacial score (nSPS) is 10.2. The Morgan fingerprint density at radius 1 is 0.796 bits per heavy atom. The quantitative estimate of drug-likeness (QED) is 0.0212. The summed E-state index contributed by atoms with van der Waals surface area (Å²) in [5, 5.41) is 53.1. The number of aromatic nitrogens is 2. The van der Waals surface area contributed by atoms with Crippen LogP contribution < -0.4 is 40.6 Å². The average molecular weight is 745 g/mol. The molecule has 0 saturated heterocycles. The maximum atomic E-state index is 11.7. The smallest absolute Gasteiger partial charge is 0.320 e. The lowest BCUT2D eigenvalue weighted by Gasteiger charge is -2.22. The van der Waals surface area contributed by atoms with Gasteiger partial charge < -0.3 is 40.6 Å². The van der Waals surface area contributed by atoms with Crippen LogP contribution in [0, 0.1) is 43.4 Å². The highest BCUT2D eigenvalue weighted by Gasteiger charge is 2.25. The fourth-order valence-corrected chi connectivity index (χ4v) is 5.97. The Kier molecular flexibility index (Phi) is 12.0. The molecule has 17 heteroatoms. The van der Waals surface area contributed by atoms with Crippen molar-refractivity contribution >= 4 is 46.1 Å². The highest BCUT2D eigenvalue weighted by atomic mass is 32.2. The molecular formula is C37H32N10O6S. The van der Waals surface area contributed by atoms with E-state index in [2.05, 4.69) is 38.1 Å². The van der Waals surface area contributed by atoms with Crippen LogP contribution in [0.3, 0.4) is 0 Å². The van der Waals surface area contributed by atoms with Crippen LogP contribution in [0.2, 0.25) is 0 Å². The second-order valence-corrected chi connectivity index (χ2v) is 11.9. The minimum absolute atomic E-state index is 0.127. The van der Waals surface area contributed by atoms with Crippen LogP contribution in [0.25, 0.3) is 11.1 Å². The maximum Gasteiger partial charge on any atom is 0.320 e. The molecule has 1 aromatic heterocycles. The van der Waals surface area contributed by atoms with E-state index in [4.69, 9.17) is 24.7 Å². The molecule has 272 valence electrons. The van der Waals surface area contributed by atoms with Crippen molar-refractivity contribution in [3.05, 3.63) is 99.2 Å². The number of ether oxygens (including phenoxy) is 4. The third-order valence-electron chi connectivity index (χ3n) is 8.18. The van der Waals surface area contributed by atoms with Crippen molar-refractivity contribution in [2.24, 2.45) is 0 Å². The molecule has 0 saturated carbocycles. The molecule has 54 heavy (non-hydrogen) atoms. The first-order chi connectivity index (χ1) is 26.2. The molecule has 16 nitrogen and oxygen atoms in total. The SMILES string of the molecule is COc1ccc(CNc2ccc(C#N)c(-c3c(C#N)ccc(NCc4ccc(OC)cc4OC)c3Nc3ncc([N+](=O)[O-])c(SC#N)n3)c2N)c(OC)c1. The number of benzene rings is 4. The molecule has 5 rings (SSSR count). The summed E-state index contributed by atoms with van der Waals surface area (Å²) in [5.74, 6) is 2.22. The summed E-state index contributed by atoms with van der Waals surface area (Å²) in [6, 6.07) is 21.6. The Balaban J connectivity index is 1.68. The van der Waals surface area contributed by atoms with Crippen LogP contribution in [0.15, 0.2) is 71.9 Å². The molecule has 0 unspecified atom stereocenters. The van der Waals surface area contributed by atoms with Crippen LogP contribution >= 0.6 is 11.8 Å². The zero-order valence-electron chi connectivity index (χ0n) is 29.4. The van der Waals surface area contributed by atoms with E-state index < -0.39 is 10.6 Å². The number of hydrogen-bond donors (Lipinski definition) is 4. The number of methoxy groups -OCH3 is 4. The van der Waals surface area contributed by atoms with Gasteiger partial charge in [-0.1, -0.05) is 0 Å². The number of nitrogens with one attached hydrogen (secondary N) is 3. The lowest BCUT2D eigenvalue weighted by atomic mass is 9.91. The van der Waals surface area contributed by atoms with Gasteiger partial charge in [0.05, 0.1) is 79.4 Å². The molecule has 4 aromatic carbocycles. The van der Waals surface area contributed by atoms with E-state index in [1.54, 1.807) is 75.3 Å². The second-order valence-electron chi connectivity index (χ2n) is 11.1. The molecule has 0 spiro atoms. The van der Waals surface area contributed by atoms with Gasteiger partial charge >= 0.3 is 5.69 Å². The summed E-state index contributed by atoms with van der Waals surface area (Å²) < 4.78 is 21.8. The molecule has 0 aliphatic carbocycles. The predicted molar refractivity (Wildman–Crippen MR) is 203 cm³/mol. The van der Waals surface area contributed by atoms with Gasteiger partial charge in [0.15, 0.2) is 5.03 Å². The van der Waals surface area contributed by atoms with E-state index in [1.807, 2.05) is 12.1 Å². The summed E-state index contributed by atoms with van der Waals surface area (Å²) in [6.45, 7) is 0.496. The number of thioether (sulfide) groups is 1. The molecule has 5 aromatic rings. The van der Waals surface area contributed by atoms with Crippen LogP contribution in [-0.4, -0.2) is 43.3 Å². The van der Waals surface area contributed by atoms with E-state index in [-0.39, 0.29) is 57.7 Å². The number of nitrogens with zero attached hydrogens (tertiary/aromatic N) is 6. The monoisotopic (exact) mass is 744 g/mol. The molecule has 0 amide bonds.